The molecular formula is C18H18N2O3. The Morgan fingerprint density at radius 1 is 1.13 bits per heavy atom. The molecule has 118 valence electrons. The average molecular weight is 310 g/mol. The molecule has 1 aliphatic heterocycles. The lowest BCUT2D eigenvalue weighted by Gasteiger charge is -2.18. The van der Waals surface area contributed by atoms with Crippen molar-refractivity contribution in [2.45, 2.75) is 13.0 Å². The maximum absolute atomic E-state index is 12.0. The Bertz CT molecular complexity index is 715. The summed E-state index contributed by atoms with van der Waals surface area (Å²) in [6.07, 6.45) is 0.192. The van der Waals surface area contributed by atoms with Gasteiger partial charge in [0.2, 0.25) is 11.8 Å². The molecule has 2 amide bonds. The van der Waals surface area contributed by atoms with Crippen LogP contribution in [0.15, 0.2) is 54.6 Å². The van der Waals surface area contributed by atoms with Crippen LogP contribution in [0.25, 0.3) is 0 Å². The highest BCUT2D eigenvalue weighted by molar-refractivity contribution is 5.88. The molecule has 2 aromatic rings. The minimum absolute atomic E-state index is 0.0525. The van der Waals surface area contributed by atoms with E-state index in [1.165, 1.54) is 0 Å². The molecule has 2 N–H and O–H groups in total. The van der Waals surface area contributed by atoms with Crippen molar-refractivity contribution in [2.75, 3.05) is 6.54 Å². The second kappa shape index (κ2) is 6.52. The van der Waals surface area contributed by atoms with E-state index in [1.54, 1.807) is 4.90 Å². The van der Waals surface area contributed by atoms with Gasteiger partial charge in [0.1, 0.15) is 11.5 Å². The molecule has 1 heterocycles. The molecular weight excluding hydrogens is 292 g/mol. The number of amides is 2. The molecule has 0 aliphatic carbocycles. The minimum Gasteiger partial charge on any atom is -0.457 e. The van der Waals surface area contributed by atoms with Crippen molar-refractivity contribution < 1.29 is 14.3 Å². The molecule has 0 radical (unpaired) electrons. The van der Waals surface area contributed by atoms with Gasteiger partial charge < -0.3 is 15.4 Å². The molecule has 0 saturated carbocycles. The van der Waals surface area contributed by atoms with Crippen LogP contribution < -0.4 is 10.5 Å². The van der Waals surface area contributed by atoms with Gasteiger partial charge in [0.15, 0.2) is 0 Å². The third-order valence-electron chi connectivity index (χ3n) is 3.92. The van der Waals surface area contributed by atoms with E-state index in [4.69, 9.17) is 10.5 Å². The summed E-state index contributed by atoms with van der Waals surface area (Å²) in [6, 6.07) is 17.1. The number of carbonyl (C=O) groups excluding carboxylic acids is 2. The molecule has 0 aromatic heterocycles. The van der Waals surface area contributed by atoms with E-state index in [1.807, 2.05) is 54.6 Å². The number of rotatable bonds is 5. The Morgan fingerprint density at radius 2 is 1.83 bits per heavy atom. The second-order valence-electron chi connectivity index (χ2n) is 5.60. The van der Waals surface area contributed by atoms with Gasteiger partial charge in [-0.3, -0.25) is 9.59 Å². The van der Waals surface area contributed by atoms with Crippen molar-refractivity contribution in [3.63, 3.8) is 0 Å². The summed E-state index contributed by atoms with van der Waals surface area (Å²) < 4.78 is 5.90. The maximum atomic E-state index is 12.0. The van der Waals surface area contributed by atoms with Crippen LogP contribution in [0.3, 0.4) is 0 Å². The highest BCUT2D eigenvalue weighted by Crippen LogP contribution is 2.28. The Balaban J connectivity index is 1.76. The molecule has 1 saturated heterocycles. The van der Waals surface area contributed by atoms with Crippen LogP contribution in [0.5, 0.6) is 11.5 Å². The smallest absolute Gasteiger partial charge is 0.223 e. The van der Waals surface area contributed by atoms with E-state index in [2.05, 4.69) is 0 Å². The fraction of sp³-hybridized carbons (Fsp3) is 0.222. The molecule has 5 heteroatoms. The first-order valence-electron chi connectivity index (χ1n) is 7.51. The molecule has 23 heavy (non-hydrogen) atoms. The predicted octanol–water partition coefficient (Wildman–Crippen LogP) is 2.31. The lowest BCUT2D eigenvalue weighted by Crippen LogP contribution is -2.28. The standard InChI is InChI=1S/C18H18N2O3/c19-18(22)14-10-17(21)20(12-14)11-13-6-4-5-9-16(13)23-15-7-2-1-3-8-15/h1-9,14H,10-12H2,(H2,19,22). The van der Waals surface area contributed by atoms with Crippen LogP contribution in [-0.4, -0.2) is 23.3 Å². The minimum atomic E-state index is -0.422. The van der Waals surface area contributed by atoms with Gasteiger partial charge in [-0.1, -0.05) is 36.4 Å². The number of benzene rings is 2. The number of hydrogen-bond acceptors (Lipinski definition) is 3. The van der Waals surface area contributed by atoms with Gasteiger partial charge in [-0.25, -0.2) is 0 Å². The van der Waals surface area contributed by atoms with Crippen LogP contribution in [0.2, 0.25) is 0 Å². The quantitative estimate of drug-likeness (QED) is 0.921. The first kappa shape index (κ1) is 15.1. The maximum Gasteiger partial charge on any atom is 0.223 e. The van der Waals surface area contributed by atoms with E-state index in [0.717, 1.165) is 11.3 Å². The van der Waals surface area contributed by atoms with E-state index < -0.39 is 11.8 Å². The van der Waals surface area contributed by atoms with E-state index in [-0.39, 0.29) is 12.3 Å². The molecule has 1 fully saturated rings. The molecule has 0 bridgehead atoms. The fourth-order valence-electron chi connectivity index (χ4n) is 2.67. The average Bonchev–Trinajstić information content (AvgIpc) is 2.92. The van der Waals surface area contributed by atoms with Gasteiger partial charge in [0.25, 0.3) is 0 Å². The van der Waals surface area contributed by atoms with Crippen LogP contribution >= 0.6 is 0 Å². The van der Waals surface area contributed by atoms with Gasteiger partial charge in [-0.2, -0.15) is 0 Å². The Labute approximate surface area is 134 Å². The predicted molar refractivity (Wildman–Crippen MR) is 85.7 cm³/mol. The lowest BCUT2D eigenvalue weighted by molar-refractivity contribution is -0.128. The molecule has 3 rings (SSSR count). The van der Waals surface area contributed by atoms with Crippen LogP contribution in [-0.2, 0) is 16.1 Å². The first-order chi connectivity index (χ1) is 11.1. The summed E-state index contributed by atoms with van der Waals surface area (Å²) in [7, 11) is 0. The zero-order chi connectivity index (χ0) is 16.2. The summed E-state index contributed by atoms with van der Waals surface area (Å²) in [5, 5.41) is 0. The largest absolute Gasteiger partial charge is 0.457 e. The summed E-state index contributed by atoms with van der Waals surface area (Å²) >= 11 is 0. The van der Waals surface area contributed by atoms with E-state index >= 15 is 0 Å². The molecule has 0 spiro atoms. The molecule has 1 unspecified atom stereocenters. The SMILES string of the molecule is NC(=O)C1CC(=O)N(Cc2ccccc2Oc2ccccc2)C1. The van der Waals surface area contributed by atoms with Crippen molar-refractivity contribution in [1.29, 1.82) is 0 Å². The summed E-state index contributed by atoms with van der Waals surface area (Å²) in [6.45, 7) is 0.777. The topological polar surface area (TPSA) is 72.6 Å². The summed E-state index contributed by atoms with van der Waals surface area (Å²) in [4.78, 5) is 25.0. The van der Waals surface area contributed by atoms with Gasteiger partial charge in [0, 0.05) is 25.1 Å². The lowest BCUT2D eigenvalue weighted by atomic mass is 10.1. The zero-order valence-corrected chi connectivity index (χ0v) is 12.6. The molecule has 2 aromatic carbocycles. The number of carbonyl (C=O) groups is 2. The van der Waals surface area contributed by atoms with Crippen molar-refractivity contribution in [3.05, 3.63) is 60.2 Å². The van der Waals surface area contributed by atoms with Crippen molar-refractivity contribution in [1.82, 2.24) is 4.90 Å². The van der Waals surface area contributed by atoms with Gasteiger partial charge >= 0.3 is 0 Å². The monoisotopic (exact) mass is 310 g/mol. The van der Waals surface area contributed by atoms with Gasteiger partial charge in [-0.05, 0) is 18.2 Å². The third kappa shape index (κ3) is 3.51. The summed E-state index contributed by atoms with van der Waals surface area (Å²) in [5.41, 5.74) is 6.20. The number of nitrogens with zero attached hydrogens (tertiary/aromatic N) is 1. The Kier molecular flexibility index (Phi) is 4.28. The number of hydrogen-bond donors (Lipinski definition) is 1. The Morgan fingerprint density at radius 3 is 2.52 bits per heavy atom. The number of primary amides is 1. The molecule has 1 aliphatic rings. The number of nitrogens with two attached hydrogens (primary N) is 1. The Hall–Kier alpha value is -2.82. The number of ether oxygens (including phenoxy) is 1. The van der Waals surface area contributed by atoms with Crippen molar-refractivity contribution in [3.8, 4) is 11.5 Å². The highest BCUT2D eigenvalue weighted by Gasteiger charge is 2.33. The van der Waals surface area contributed by atoms with E-state index in [9.17, 15) is 9.59 Å². The van der Waals surface area contributed by atoms with Gasteiger partial charge in [0.05, 0.1) is 5.92 Å². The van der Waals surface area contributed by atoms with Gasteiger partial charge in [-0.15, -0.1) is 0 Å². The van der Waals surface area contributed by atoms with Crippen molar-refractivity contribution >= 4 is 11.8 Å². The van der Waals surface area contributed by atoms with Crippen molar-refractivity contribution in [2.24, 2.45) is 11.7 Å². The first-order valence-corrected chi connectivity index (χ1v) is 7.51. The van der Waals surface area contributed by atoms with Crippen LogP contribution in [0.1, 0.15) is 12.0 Å². The molecule has 1 atom stereocenters. The van der Waals surface area contributed by atoms with Crippen LogP contribution in [0.4, 0.5) is 0 Å². The van der Waals surface area contributed by atoms with E-state index in [0.29, 0.717) is 18.8 Å². The third-order valence-corrected chi connectivity index (χ3v) is 3.92. The van der Waals surface area contributed by atoms with Crippen LogP contribution in [0, 0.1) is 5.92 Å². The highest BCUT2D eigenvalue weighted by atomic mass is 16.5. The fourth-order valence-corrected chi connectivity index (χ4v) is 2.67. The number of para-hydroxylation sites is 2. The second-order valence-corrected chi connectivity index (χ2v) is 5.60. The summed E-state index contributed by atoms with van der Waals surface area (Å²) in [5.74, 6) is 0.569. The normalized spacial score (nSPS) is 17.3. The molecule has 5 nitrogen and oxygen atoms in total. The number of likely N-dealkylation sites (tertiary alicyclic amines) is 1. The zero-order valence-electron chi connectivity index (χ0n) is 12.6.